The number of nitrogens with one attached hydrogen (secondary N) is 1. The van der Waals surface area contributed by atoms with E-state index in [9.17, 15) is 0 Å². The molecule has 0 atom stereocenters. The van der Waals surface area contributed by atoms with E-state index in [4.69, 9.17) is 4.74 Å². The van der Waals surface area contributed by atoms with E-state index in [1.54, 1.807) is 0 Å². The van der Waals surface area contributed by atoms with Crippen LogP contribution in [0.25, 0.3) is 0 Å². The Labute approximate surface area is 116 Å². The van der Waals surface area contributed by atoms with Crippen molar-refractivity contribution in [2.75, 3.05) is 25.0 Å². The second-order valence-electron chi connectivity index (χ2n) is 5.99. The maximum absolute atomic E-state index is 5.85. The Morgan fingerprint density at radius 3 is 2.74 bits per heavy atom. The lowest BCUT2D eigenvalue weighted by Crippen LogP contribution is -2.34. The summed E-state index contributed by atoms with van der Waals surface area (Å²) < 4.78 is 5.85. The van der Waals surface area contributed by atoms with Gasteiger partial charge in [-0.15, -0.1) is 0 Å². The van der Waals surface area contributed by atoms with E-state index in [0.29, 0.717) is 12.0 Å². The van der Waals surface area contributed by atoms with Crippen LogP contribution in [0.4, 0.5) is 5.69 Å². The molecule has 1 aliphatic heterocycles. The molecule has 0 radical (unpaired) electrons. The van der Waals surface area contributed by atoms with Crippen molar-refractivity contribution in [3.05, 3.63) is 23.8 Å². The highest BCUT2D eigenvalue weighted by molar-refractivity contribution is 5.61. The third-order valence-corrected chi connectivity index (χ3v) is 3.46. The molecule has 0 unspecified atom stereocenters. The van der Waals surface area contributed by atoms with E-state index in [2.05, 4.69) is 56.1 Å². The molecule has 0 saturated carbocycles. The molecule has 3 nitrogen and oxygen atoms in total. The molecule has 1 aliphatic rings. The Morgan fingerprint density at radius 1 is 1.26 bits per heavy atom. The Kier molecular flexibility index (Phi) is 4.70. The Bertz CT molecular complexity index is 415. The molecule has 1 heterocycles. The van der Waals surface area contributed by atoms with Crippen molar-refractivity contribution in [2.45, 2.75) is 40.3 Å². The van der Waals surface area contributed by atoms with Crippen molar-refractivity contribution in [2.24, 2.45) is 5.92 Å². The van der Waals surface area contributed by atoms with E-state index in [1.807, 2.05) is 0 Å². The van der Waals surface area contributed by atoms with Crippen LogP contribution in [-0.4, -0.2) is 30.6 Å². The minimum absolute atomic E-state index is 0.551. The molecule has 1 aromatic rings. The summed E-state index contributed by atoms with van der Waals surface area (Å²) in [5.74, 6) is 1.73. The maximum Gasteiger partial charge on any atom is 0.146 e. The molecule has 0 aromatic heterocycles. The van der Waals surface area contributed by atoms with Gasteiger partial charge in [0.05, 0.1) is 5.69 Å². The molecule has 19 heavy (non-hydrogen) atoms. The van der Waals surface area contributed by atoms with E-state index >= 15 is 0 Å². The number of benzene rings is 1. The van der Waals surface area contributed by atoms with E-state index in [-0.39, 0.29) is 0 Å². The van der Waals surface area contributed by atoms with Crippen molar-refractivity contribution in [1.29, 1.82) is 0 Å². The first-order valence-corrected chi connectivity index (χ1v) is 7.30. The first kappa shape index (κ1) is 14.2. The SMILES string of the molecule is CC(C)CN(Cc1cccc2c1OCCN2)C(C)C. The molecule has 0 aliphatic carbocycles. The number of nitrogens with zero attached hydrogens (tertiary/aromatic N) is 1. The number of fused-ring (bicyclic) bond motifs is 1. The van der Waals surface area contributed by atoms with Crippen LogP contribution in [0.15, 0.2) is 18.2 Å². The predicted molar refractivity (Wildman–Crippen MR) is 80.8 cm³/mol. The molecule has 0 bridgehead atoms. The van der Waals surface area contributed by atoms with E-state index in [1.165, 1.54) is 5.56 Å². The van der Waals surface area contributed by atoms with E-state index < -0.39 is 0 Å². The zero-order valence-electron chi connectivity index (χ0n) is 12.6. The lowest BCUT2D eigenvalue weighted by Gasteiger charge is -2.30. The molecule has 106 valence electrons. The van der Waals surface area contributed by atoms with Gasteiger partial charge in [-0.3, -0.25) is 4.90 Å². The van der Waals surface area contributed by atoms with Gasteiger partial charge < -0.3 is 10.1 Å². The van der Waals surface area contributed by atoms with Gasteiger partial charge in [0.2, 0.25) is 0 Å². The fraction of sp³-hybridized carbons (Fsp3) is 0.625. The average Bonchev–Trinajstić information content (AvgIpc) is 2.37. The number of ether oxygens (including phenoxy) is 1. The minimum Gasteiger partial charge on any atom is -0.489 e. The molecular weight excluding hydrogens is 236 g/mol. The predicted octanol–water partition coefficient (Wildman–Crippen LogP) is 3.36. The molecule has 0 fully saturated rings. The summed E-state index contributed by atoms with van der Waals surface area (Å²) >= 11 is 0. The topological polar surface area (TPSA) is 24.5 Å². The Balaban J connectivity index is 2.17. The summed E-state index contributed by atoms with van der Waals surface area (Å²) in [7, 11) is 0. The molecule has 0 saturated heterocycles. The van der Waals surface area contributed by atoms with Gasteiger partial charge in [0.15, 0.2) is 0 Å². The summed E-state index contributed by atoms with van der Waals surface area (Å²) in [6.45, 7) is 12.8. The molecule has 1 aromatic carbocycles. The standard InChI is InChI=1S/C16H26N2O/c1-12(2)10-18(13(3)4)11-14-6-5-7-15-16(14)19-9-8-17-15/h5-7,12-13,17H,8-11H2,1-4H3. The third kappa shape index (κ3) is 3.63. The lowest BCUT2D eigenvalue weighted by molar-refractivity contribution is 0.185. The number of para-hydroxylation sites is 1. The van der Waals surface area contributed by atoms with E-state index in [0.717, 1.165) is 37.7 Å². The van der Waals surface area contributed by atoms with Crippen LogP contribution < -0.4 is 10.1 Å². The largest absolute Gasteiger partial charge is 0.489 e. The van der Waals surface area contributed by atoms with Crippen molar-refractivity contribution in [3.63, 3.8) is 0 Å². The summed E-state index contributed by atoms with van der Waals surface area (Å²) in [5.41, 5.74) is 2.43. The van der Waals surface area contributed by atoms with Crippen LogP contribution in [-0.2, 0) is 6.54 Å². The summed E-state index contributed by atoms with van der Waals surface area (Å²) in [5, 5.41) is 3.40. The monoisotopic (exact) mass is 262 g/mol. The second-order valence-corrected chi connectivity index (χ2v) is 5.99. The van der Waals surface area contributed by atoms with Crippen molar-refractivity contribution < 1.29 is 4.74 Å². The zero-order valence-corrected chi connectivity index (χ0v) is 12.6. The number of hydrogen-bond donors (Lipinski definition) is 1. The smallest absolute Gasteiger partial charge is 0.146 e. The Morgan fingerprint density at radius 2 is 2.05 bits per heavy atom. The van der Waals surface area contributed by atoms with Crippen LogP contribution in [0.3, 0.4) is 0 Å². The van der Waals surface area contributed by atoms with Crippen LogP contribution in [0.2, 0.25) is 0 Å². The van der Waals surface area contributed by atoms with Crippen molar-refractivity contribution in [1.82, 2.24) is 4.90 Å². The third-order valence-electron chi connectivity index (χ3n) is 3.46. The maximum atomic E-state index is 5.85. The summed E-state index contributed by atoms with van der Waals surface area (Å²) in [4.78, 5) is 2.51. The first-order chi connectivity index (χ1) is 9.08. The van der Waals surface area contributed by atoms with Gasteiger partial charge in [-0.2, -0.15) is 0 Å². The second kappa shape index (κ2) is 6.29. The van der Waals surface area contributed by atoms with Gasteiger partial charge in [0, 0.05) is 31.2 Å². The van der Waals surface area contributed by atoms with Gasteiger partial charge in [-0.1, -0.05) is 26.0 Å². The summed E-state index contributed by atoms with van der Waals surface area (Å²) in [6, 6.07) is 6.95. The fourth-order valence-electron chi connectivity index (χ4n) is 2.50. The van der Waals surface area contributed by atoms with Gasteiger partial charge >= 0.3 is 0 Å². The van der Waals surface area contributed by atoms with Crippen molar-refractivity contribution >= 4 is 5.69 Å². The first-order valence-electron chi connectivity index (χ1n) is 7.30. The molecule has 0 amide bonds. The van der Waals surface area contributed by atoms with Gasteiger partial charge in [-0.25, -0.2) is 0 Å². The van der Waals surface area contributed by atoms with Gasteiger partial charge in [0.1, 0.15) is 12.4 Å². The quantitative estimate of drug-likeness (QED) is 0.880. The molecule has 0 spiro atoms. The highest BCUT2D eigenvalue weighted by Crippen LogP contribution is 2.32. The highest BCUT2D eigenvalue weighted by Gasteiger charge is 2.18. The molecule has 1 N–H and O–H groups in total. The highest BCUT2D eigenvalue weighted by atomic mass is 16.5. The molecule has 2 rings (SSSR count). The summed E-state index contributed by atoms with van der Waals surface area (Å²) in [6.07, 6.45) is 0. The number of anilines is 1. The van der Waals surface area contributed by atoms with Crippen LogP contribution in [0.5, 0.6) is 5.75 Å². The van der Waals surface area contributed by atoms with Crippen molar-refractivity contribution in [3.8, 4) is 5.75 Å². The fourth-order valence-corrected chi connectivity index (χ4v) is 2.50. The zero-order chi connectivity index (χ0) is 13.8. The normalized spacial score (nSPS) is 14.5. The molecule has 3 heteroatoms. The van der Waals surface area contributed by atoms with Crippen LogP contribution >= 0.6 is 0 Å². The lowest BCUT2D eigenvalue weighted by atomic mass is 10.1. The number of hydrogen-bond acceptors (Lipinski definition) is 3. The van der Waals surface area contributed by atoms with Crippen LogP contribution in [0.1, 0.15) is 33.3 Å². The minimum atomic E-state index is 0.551. The van der Waals surface area contributed by atoms with Crippen LogP contribution in [0, 0.1) is 5.92 Å². The van der Waals surface area contributed by atoms with Gasteiger partial charge in [-0.05, 0) is 25.8 Å². The Hall–Kier alpha value is -1.22. The molecular formula is C16H26N2O. The van der Waals surface area contributed by atoms with Gasteiger partial charge in [0.25, 0.3) is 0 Å². The average molecular weight is 262 g/mol. The number of rotatable bonds is 5.